The molecule has 1 saturated heterocycles. The fraction of sp³-hybridized carbons (Fsp3) is 0.241. The molecular weight excluding hydrogens is 526 g/mol. The van der Waals surface area contributed by atoms with Crippen molar-refractivity contribution in [1.82, 2.24) is 0 Å². The molecule has 4 rings (SSSR count). The van der Waals surface area contributed by atoms with E-state index in [-0.39, 0.29) is 21.9 Å². The minimum atomic E-state index is -1.02. The Bertz CT molecular complexity index is 1430. The number of aliphatic hydroxyl groups is 1. The zero-order valence-corrected chi connectivity index (χ0v) is 22.9. The molecule has 1 heterocycles. The predicted octanol–water partition coefficient (Wildman–Crippen LogP) is 5.40. The number of anilines is 1. The minimum absolute atomic E-state index is 0.125. The summed E-state index contributed by atoms with van der Waals surface area (Å²) in [7, 11) is 5.90. The van der Waals surface area contributed by atoms with Crippen LogP contribution in [0.1, 0.15) is 24.1 Å². The number of carbonyl (C=O) groups excluding carboxylic acids is 2. The van der Waals surface area contributed by atoms with Gasteiger partial charge in [0.1, 0.15) is 23.0 Å². The highest BCUT2D eigenvalue weighted by atomic mass is 35.5. The highest BCUT2D eigenvalue weighted by Crippen LogP contribution is 2.46. The lowest BCUT2D eigenvalue weighted by Crippen LogP contribution is -2.29. The van der Waals surface area contributed by atoms with Crippen LogP contribution in [-0.4, -0.2) is 51.8 Å². The molecule has 1 N–H and O–H groups in total. The summed E-state index contributed by atoms with van der Waals surface area (Å²) in [4.78, 5) is 28.4. The van der Waals surface area contributed by atoms with Gasteiger partial charge in [-0.1, -0.05) is 17.7 Å². The number of amides is 1. The largest absolute Gasteiger partial charge is 0.507 e. The summed E-state index contributed by atoms with van der Waals surface area (Å²) >= 11 is 6.35. The van der Waals surface area contributed by atoms with E-state index in [1.807, 2.05) is 6.92 Å². The molecule has 0 bridgehead atoms. The fourth-order valence-electron chi connectivity index (χ4n) is 4.48. The molecule has 1 amide bonds. The molecule has 0 radical (unpaired) electrons. The first-order valence-electron chi connectivity index (χ1n) is 12.0. The summed E-state index contributed by atoms with van der Waals surface area (Å²) < 4.78 is 27.1. The lowest BCUT2D eigenvalue weighted by Gasteiger charge is -2.26. The zero-order chi connectivity index (χ0) is 28.3. The van der Waals surface area contributed by atoms with E-state index in [1.165, 1.54) is 45.5 Å². The van der Waals surface area contributed by atoms with Crippen molar-refractivity contribution in [3.63, 3.8) is 0 Å². The first-order chi connectivity index (χ1) is 18.8. The molecule has 1 aliphatic heterocycles. The number of hydrogen-bond acceptors (Lipinski definition) is 8. The molecule has 0 spiro atoms. The number of ketones is 1. The number of benzene rings is 3. The van der Waals surface area contributed by atoms with Crippen LogP contribution in [0.2, 0.25) is 5.02 Å². The molecule has 204 valence electrons. The van der Waals surface area contributed by atoms with Crippen molar-refractivity contribution >= 4 is 34.7 Å². The molecule has 0 aliphatic carbocycles. The van der Waals surface area contributed by atoms with E-state index in [4.69, 9.17) is 35.3 Å². The standard InChI is InChI=1S/C29H28ClNO8/c1-6-39-24-13-16(7-12-21(24)36-3)26-25(27(32)19-14-20(30)23(38-5)15-22(19)37-4)28(33)29(34)31(26)17-8-10-18(35-2)11-9-17/h7-15,26,32H,6H2,1-5H3/b27-25+. The molecule has 1 fully saturated rings. The van der Waals surface area contributed by atoms with Crippen molar-refractivity contribution in [2.45, 2.75) is 13.0 Å². The first kappa shape index (κ1) is 27.7. The maximum absolute atomic E-state index is 13.6. The molecule has 1 atom stereocenters. The van der Waals surface area contributed by atoms with E-state index in [2.05, 4.69) is 0 Å². The predicted molar refractivity (Wildman–Crippen MR) is 146 cm³/mol. The highest BCUT2D eigenvalue weighted by Gasteiger charge is 2.47. The maximum Gasteiger partial charge on any atom is 0.300 e. The zero-order valence-electron chi connectivity index (χ0n) is 22.1. The monoisotopic (exact) mass is 553 g/mol. The Balaban J connectivity index is 2.00. The first-order valence-corrected chi connectivity index (χ1v) is 12.3. The number of ether oxygens (including phenoxy) is 5. The number of halogens is 1. The van der Waals surface area contributed by atoms with Gasteiger partial charge in [-0.15, -0.1) is 0 Å². The van der Waals surface area contributed by atoms with Gasteiger partial charge in [-0.2, -0.15) is 0 Å². The van der Waals surface area contributed by atoms with Crippen molar-refractivity contribution in [3.8, 4) is 28.7 Å². The van der Waals surface area contributed by atoms with E-state index >= 15 is 0 Å². The molecule has 3 aromatic rings. The van der Waals surface area contributed by atoms with E-state index in [0.29, 0.717) is 40.9 Å². The molecule has 39 heavy (non-hydrogen) atoms. The van der Waals surface area contributed by atoms with Crippen molar-refractivity contribution in [2.24, 2.45) is 0 Å². The molecule has 3 aromatic carbocycles. The number of nitrogens with zero attached hydrogens (tertiary/aromatic N) is 1. The summed E-state index contributed by atoms with van der Waals surface area (Å²) in [5, 5.41) is 11.8. The smallest absolute Gasteiger partial charge is 0.300 e. The molecule has 1 aliphatic rings. The van der Waals surface area contributed by atoms with Crippen molar-refractivity contribution < 1.29 is 38.4 Å². The Hall–Kier alpha value is -4.37. The summed E-state index contributed by atoms with van der Waals surface area (Å²) in [5.41, 5.74) is 0.910. The third-order valence-corrected chi connectivity index (χ3v) is 6.62. The van der Waals surface area contributed by atoms with E-state index in [1.54, 1.807) is 42.5 Å². The number of rotatable bonds is 9. The van der Waals surface area contributed by atoms with Crippen molar-refractivity contribution in [3.05, 3.63) is 76.3 Å². The third kappa shape index (κ3) is 5.05. The Morgan fingerprint density at radius 1 is 0.846 bits per heavy atom. The van der Waals surface area contributed by atoms with Gasteiger partial charge in [0, 0.05) is 11.8 Å². The van der Waals surface area contributed by atoms with Gasteiger partial charge in [0.05, 0.1) is 57.2 Å². The van der Waals surface area contributed by atoms with E-state index < -0.39 is 23.5 Å². The molecule has 0 aromatic heterocycles. The Morgan fingerprint density at radius 3 is 2.10 bits per heavy atom. The summed E-state index contributed by atoms with van der Waals surface area (Å²) in [5.74, 6) is -0.162. The van der Waals surface area contributed by atoms with Crippen LogP contribution in [-0.2, 0) is 9.59 Å². The van der Waals surface area contributed by atoms with Crippen LogP contribution >= 0.6 is 11.6 Å². The lowest BCUT2D eigenvalue weighted by atomic mass is 9.94. The van der Waals surface area contributed by atoms with Crippen molar-refractivity contribution in [2.75, 3.05) is 39.9 Å². The number of carbonyl (C=O) groups is 2. The topological polar surface area (TPSA) is 104 Å². The number of aliphatic hydroxyl groups excluding tert-OH is 1. The SMILES string of the molecule is CCOc1cc(C2/C(=C(\O)c3cc(Cl)c(OC)cc3OC)C(=O)C(=O)N2c2ccc(OC)cc2)ccc1OC. The van der Waals surface area contributed by atoms with Crippen LogP contribution in [0, 0.1) is 0 Å². The van der Waals surface area contributed by atoms with Crippen LogP contribution in [0.15, 0.2) is 60.2 Å². The minimum Gasteiger partial charge on any atom is -0.507 e. The van der Waals surface area contributed by atoms with Gasteiger partial charge >= 0.3 is 0 Å². The third-order valence-electron chi connectivity index (χ3n) is 6.33. The van der Waals surface area contributed by atoms with Crippen molar-refractivity contribution in [1.29, 1.82) is 0 Å². The molecule has 1 unspecified atom stereocenters. The van der Waals surface area contributed by atoms with Crippen LogP contribution in [0.25, 0.3) is 5.76 Å². The summed E-state index contributed by atoms with van der Waals surface area (Å²) in [6.45, 7) is 2.19. The average Bonchev–Trinajstić information content (AvgIpc) is 3.22. The Morgan fingerprint density at radius 2 is 1.51 bits per heavy atom. The second-order valence-electron chi connectivity index (χ2n) is 8.40. The molecule has 0 saturated carbocycles. The van der Waals surface area contributed by atoms with Gasteiger partial charge in [-0.25, -0.2) is 0 Å². The molecular formula is C29H28ClNO8. The quantitative estimate of drug-likeness (QED) is 0.213. The highest BCUT2D eigenvalue weighted by molar-refractivity contribution is 6.51. The lowest BCUT2D eigenvalue weighted by molar-refractivity contribution is -0.132. The van der Waals surface area contributed by atoms with Gasteiger partial charge in [-0.3, -0.25) is 14.5 Å². The van der Waals surface area contributed by atoms with Gasteiger partial charge < -0.3 is 28.8 Å². The van der Waals surface area contributed by atoms with Gasteiger partial charge in [0.25, 0.3) is 11.7 Å². The number of methoxy groups -OCH3 is 4. The maximum atomic E-state index is 13.6. The second-order valence-corrected chi connectivity index (χ2v) is 8.80. The van der Waals surface area contributed by atoms with E-state index in [0.717, 1.165) is 0 Å². The Kier molecular flexibility index (Phi) is 8.21. The van der Waals surface area contributed by atoms with Crippen LogP contribution in [0.5, 0.6) is 28.7 Å². The van der Waals surface area contributed by atoms with Gasteiger partial charge in [-0.05, 0) is 55.0 Å². The molecule has 9 nitrogen and oxygen atoms in total. The fourth-order valence-corrected chi connectivity index (χ4v) is 4.72. The van der Waals surface area contributed by atoms with Crippen LogP contribution in [0.4, 0.5) is 5.69 Å². The van der Waals surface area contributed by atoms with Gasteiger partial charge in [0.15, 0.2) is 11.5 Å². The number of Topliss-reactive ketones (excluding diaryl/α,β-unsaturated/α-hetero) is 1. The molecule has 10 heteroatoms. The normalized spacial score (nSPS) is 16.3. The summed E-state index contributed by atoms with van der Waals surface area (Å²) in [6.07, 6.45) is 0. The van der Waals surface area contributed by atoms with Crippen LogP contribution < -0.4 is 28.6 Å². The number of hydrogen-bond donors (Lipinski definition) is 1. The van der Waals surface area contributed by atoms with Gasteiger partial charge in [0.2, 0.25) is 0 Å². The van der Waals surface area contributed by atoms with E-state index in [9.17, 15) is 14.7 Å². The summed E-state index contributed by atoms with van der Waals surface area (Å²) in [6, 6.07) is 13.6. The Labute approximate surface area is 231 Å². The van der Waals surface area contributed by atoms with Crippen LogP contribution in [0.3, 0.4) is 0 Å². The second kappa shape index (κ2) is 11.6. The average molecular weight is 554 g/mol.